The number of hydrogen-bond donors (Lipinski definition) is 1. The van der Waals surface area contributed by atoms with Crippen LogP contribution in [0.4, 0.5) is 0 Å². The maximum atomic E-state index is 10.6. The highest BCUT2D eigenvalue weighted by atomic mass is 16.5. The Balaban J connectivity index is 1.28. The zero-order valence-electron chi connectivity index (χ0n) is 17.4. The monoisotopic (exact) mass is 407 g/mol. The number of nitrogens with zero attached hydrogens (tertiary/aromatic N) is 3. The Morgan fingerprint density at radius 3 is 2.73 bits per heavy atom. The van der Waals surface area contributed by atoms with Gasteiger partial charge in [-0.15, -0.1) is 0 Å². The van der Waals surface area contributed by atoms with Gasteiger partial charge in [-0.1, -0.05) is 47.6 Å². The van der Waals surface area contributed by atoms with Crippen LogP contribution in [0.3, 0.4) is 0 Å². The average molecular weight is 408 g/mol. The molecule has 3 aromatic rings. The van der Waals surface area contributed by atoms with Gasteiger partial charge >= 0.3 is 0 Å². The highest BCUT2D eigenvalue weighted by Gasteiger charge is 2.19. The summed E-state index contributed by atoms with van der Waals surface area (Å²) in [5, 5.41) is 14.5. The molecule has 1 aromatic heterocycles. The van der Waals surface area contributed by atoms with E-state index >= 15 is 0 Å². The molecule has 2 aromatic carbocycles. The van der Waals surface area contributed by atoms with Crippen molar-refractivity contribution >= 4 is 0 Å². The van der Waals surface area contributed by atoms with Gasteiger partial charge in [0.25, 0.3) is 0 Å². The number of aromatic nitrogens is 1. The normalized spacial score (nSPS) is 15.2. The van der Waals surface area contributed by atoms with Crippen LogP contribution in [-0.4, -0.2) is 52.9 Å². The van der Waals surface area contributed by atoms with Crippen LogP contribution in [0.1, 0.15) is 22.4 Å². The molecule has 2 heterocycles. The minimum atomic E-state index is -0.531. The zero-order valence-corrected chi connectivity index (χ0v) is 17.4. The molecule has 4 rings (SSSR count). The van der Waals surface area contributed by atoms with E-state index in [4.69, 9.17) is 9.26 Å². The van der Waals surface area contributed by atoms with Crippen molar-refractivity contribution in [2.24, 2.45) is 0 Å². The zero-order chi connectivity index (χ0) is 20.8. The summed E-state index contributed by atoms with van der Waals surface area (Å²) in [5.74, 6) is 0.813. The van der Waals surface area contributed by atoms with Gasteiger partial charge in [0.15, 0.2) is 0 Å². The first-order valence-electron chi connectivity index (χ1n) is 10.4. The van der Waals surface area contributed by atoms with Gasteiger partial charge in [0.2, 0.25) is 0 Å². The molecule has 0 saturated carbocycles. The largest absolute Gasteiger partial charge is 0.491 e. The summed E-state index contributed by atoms with van der Waals surface area (Å²) < 4.78 is 10.9. The van der Waals surface area contributed by atoms with Crippen molar-refractivity contribution in [3.8, 4) is 5.75 Å². The molecule has 0 bridgehead atoms. The van der Waals surface area contributed by atoms with E-state index < -0.39 is 6.10 Å². The number of rotatable bonds is 9. The molecule has 0 radical (unpaired) electrons. The van der Waals surface area contributed by atoms with E-state index in [0.29, 0.717) is 13.1 Å². The summed E-state index contributed by atoms with van der Waals surface area (Å²) in [5.41, 5.74) is 4.76. The molecule has 0 fully saturated rings. The third-order valence-electron chi connectivity index (χ3n) is 5.45. The predicted octanol–water partition coefficient (Wildman–Crippen LogP) is 3.10. The molecule has 1 atom stereocenters. The van der Waals surface area contributed by atoms with Gasteiger partial charge in [0.1, 0.15) is 24.7 Å². The number of para-hydroxylation sites is 1. The summed E-state index contributed by atoms with van der Waals surface area (Å²) in [6.45, 7) is 4.17. The first kappa shape index (κ1) is 20.6. The molecule has 0 aliphatic carbocycles. The first-order valence-corrected chi connectivity index (χ1v) is 10.4. The van der Waals surface area contributed by atoms with Crippen molar-refractivity contribution in [2.75, 3.05) is 26.7 Å². The Morgan fingerprint density at radius 1 is 1.10 bits per heavy atom. The number of ether oxygens (including phenoxy) is 1. The van der Waals surface area contributed by atoms with Gasteiger partial charge in [0, 0.05) is 44.4 Å². The fourth-order valence-electron chi connectivity index (χ4n) is 3.96. The molecule has 0 saturated heterocycles. The Hall–Kier alpha value is -2.67. The second-order valence-electron chi connectivity index (χ2n) is 7.99. The van der Waals surface area contributed by atoms with Crippen LogP contribution in [0.5, 0.6) is 5.75 Å². The lowest BCUT2D eigenvalue weighted by atomic mass is 10.00. The van der Waals surface area contributed by atoms with E-state index in [-0.39, 0.29) is 6.61 Å². The minimum Gasteiger partial charge on any atom is -0.491 e. The van der Waals surface area contributed by atoms with Crippen molar-refractivity contribution in [1.82, 2.24) is 15.0 Å². The van der Waals surface area contributed by atoms with Crippen LogP contribution >= 0.6 is 0 Å². The van der Waals surface area contributed by atoms with E-state index in [2.05, 4.69) is 45.3 Å². The lowest BCUT2D eigenvalue weighted by Crippen LogP contribution is -2.38. The number of benzene rings is 2. The lowest BCUT2D eigenvalue weighted by Gasteiger charge is -2.30. The molecule has 1 unspecified atom stereocenters. The third kappa shape index (κ3) is 5.48. The third-order valence-corrected chi connectivity index (χ3v) is 5.45. The topological polar surface area (TPSA) is 62.0 Å². The Labute approximate surface area is 177 Å². The number of aliphatic hydroxyl groups excluding tert-OH is 1. The molecule has 1 aliphatic heterocycles. The molecule has 1 N–H and O–H groups in total. The van der Waals surface area contributed by atoms with E-state index in [9.17, 15) is 5.11 Å². The van der Waals surface area contributed by atoms with Crippen LogP contribution < -0.4 is 4.74 Å². The fourth-order valence-corrected chi connectivity index (χ4v) is 3.96. The number of β-amino-alcohol motifs (C(OH)–C–C–N with tert-alkyl or cyclic N) is 1. The number of fused-ring (bicyclic) bond motifs is 1. The maximum Gasteiger partial charge on any atom is 0.124 e. The van der Waals surface area contributed by atoms with Gasteiger partial charge in [-0.2, -0.15) is 0 Å². The summed E-state index contributed by atoms with van der Waals surface area (Å²) >= 11 is 0. The van der Waals surface area contributed by atoms with E-state index in [1.807, 2.05) is 31.3 Å². The van der Waals surface area contributed by atoms with Crippen LogP contribution in [0.25, 0.3) is 0 Å². The number of aliphatic hydroxyl groups is 1. The smallest absolute Gasteiger partial charge is 0.124 e. The fraction of sp³-hybridized carbons (Fsp3) is 0.375. The molecule has 6 nitrogen and oxygen atoms in total. The van der Waals surface area contributed by atoms with Crippen molar-refractivity contribution in [3.63, 3.8) is 0 Å². The Morgan fingerprint density at radius 2 is 1.90 bits per heavy atom. The van der Waals surface area contributed by atoms with E-state index in [1.54, 1.807) is 6.26 Å². The van der Waals surface area contributed by atoms with Crippen LogP contribution in [0.15, 0.2) is 65.4 Å². The van der Waals surface area contributed by atoms with Crippen LogP contribution in [0.2, 0.25) is 0 Å². The Bertz CT molecular complexity index is 929. The van der Waals surface area contributed by atoms with Crippen molar-refractivity contribution in [1.29, 1.82) is 0 Å². The molecule has 6 heteroatoms. The van der Waals surface area contributed by atoms with E-state index in [0.717, 1.165) is 43.1 Å². The summed E-state index contributed by atoms with van der Waals surface area (Å²) in [4.78, 5) is 4.45. The average Bonchev–Trinajstić information content (AvgIpc) is 3.26. The molecule has 30 heavy (non-hydrogen) atoms. The van der Waals surface area contributed by atoms with Gasteiger partial charge in [-0.25, -0.2) is 0 Å². The van der Waals surface area contributed by atoms with Crippen LogP contribution in [0, 0.1) is 0 Å². The maximum absolute atomic E-state index is 10.6. The highest BCUT2D eigenvalue weighted by Crippen LogP contribution is 2.21. The number of hydrogen-bond acceptors (Lipinski definition) is 6. The van der Waals surface area contributed by atoms with Gasteiger partial charge < -0.3 is 14.4 Å². The molecule has 158 valence electrons. The standard InChI is InChI=1S/C24H29N3O3/c1-26(16-22-11-13-30-25-22)14-21-8-4-5-9-24(21)29-18-23(28)17-27-12-10-19-6-2-3-7-20(19)15-27/h2-9,11,13,23,28H,10,12,14-18H2,1H3. The summed E-state index contributed by atoms with van der Waals surface area (Å²) in [6, 6.07) is 18.4. The minimum absolute atomic E-state index is 0.280. The molecule has 0 amide bonds. The highest BCUT2D eigenvalue weighted by molar-refractivity contribution is 5.33. The van der Waals surface area contributed by atoms with Gasteiger partial charge in [-0.05, 0) is 30.7 Å². The summed E-state index contributed by atoms with van der Waals surface area (Å²) in [6.07, 6.45) is 2.09. The molecular formula is C24H29N3O3. The first-order chi connectivity index (χ1) is 14.7. The predicted molar refractivity (Wildman–Crippen MR) is 115 cm³/mol. The lowest BCUT2D eigenvalue weighted by molar-refractivity contribution is 0.0632. The second-order valence-corrected chi connectivity index (χ2v) is 7.99. The van der Waals surface area contributed by atoms with Crippen molar-refractivity contribution < 1.29 is 14.4 Å². The molecule has 0 spiro atoms. The van der Waals surface area contributed by atoms with Crippen LogP contribution in [-0.2, 0) is 26.1 Å². The van der Waals surface area contributed by atoms with Gasteiger partial charge in [0.05, 0.1) is 5.69 Å². The molecular weight excluding hydrogens is 378 g/mol. The van der Waals surface area contributed by atoms with Crippen molar-refractivity contribution in [3.05, 3.63) is 83.2 Å². The summed E-state index contributed by atoms with van der Waals surface area (Å²) in [7, 11) is 2.04. The Kier molecular flexibility index (Phi) is 6.79. The van der Waals surface area contributed by atoms with Gasteiger partial charge in [-0.3, -0.25) is 9.80 Å². The SMILES string of the molecule is CN(Cc1ccon1)Cc1ccccc1OCC(O)CN1CCc2ccccc2C1. The quantitative estimate of drug-likeness (QED) is 0.588. The molecule has 1 aliphatic rings. The second kappa shape index (κ2) is 9.89. The van der Waals surface area contributed by atoms with Crippen molar-refractivity contribution in [2.45, 2.75) is 32.2 Å². The van der Waals surface area contributed by atoms with E-state index in [1.165, 1.54) is 11.1 Å².